The van der Waals surface area contributed by atoms with E-state index in [1.54, 1.807) is 26.0 Å². The van der Waals surface area contributed by atoms with Gasteiger partial charge in [0.2, 0.25) is 5.82 Å². The maximum atomic E-state index is 13.5. The van der Waals surface area contributed by atoms with E-state index >= 15 is 0 Å². The molecule has 4 nitrogen and oxygen atoms in total. The fourth-order valence-corrected chi connectivity index (χ4v) is 2.05. The molecule has 0 aromatic heterocycles. The Bertz CT molecular complexity index is 869. The highest BCUT2D eigenvalue weighted by molar-refractivity contribution is 5.96. The Morgan fingerprint density at radius 2 is 1.46 bits per heavy atom. The molecule has 0 spiro atoms. The molecule has 0 atom stereocenters. The summed E-state index contributed by atoms with van der Waals surface area (Å²) in [6.45, 7) is 2.38. The zero-order valence-electron chi connectivity index (χ0n) is 13.6. The van der Waals surface area contributed by atoms with Crippen molar-refractivity contribution in [3.8, 4) is 0 Å². The van der Waals surface area contributed by atoms with Gasteiger partial charge in [-0.1, -0.05) is 17.7 Å². The summed E-state index contributed by atoms with van der Waals surface area (Å²) in [6, 6.07) is 4.92. The monoisotopic (exact) mass is 373 g/mol. The number of benzene rings is 2. The number of rotatable bonds is 4. The number of aryl methyl sites for hydroxylation is 2. The van der Waals surface area contributed by atoms with Crippen LogP contribution in [0.15, 0.2) is 18.2 Å². The van der Waals surface area contributed by atoms with Crippen LogP contribution in [0, 0.1) is 42.9 Å². The van der Waals surface area contributed by atoms with Crippen LogP contribution in [0.3, 0.4) is 0 Å². The third kappa shape index (κ3) is 3.81. The maximum Gasteiger partial charge on any atom is 0.338 e. The fourth-order valence-electron chi connectivity index (χ4n) is 2.05. The summed E-state index contributed by atoms with van der Waals surface area (Å²) in [7, 11) is 0. The SMILES string of the molecule is Cc1ccc(C)c(C(=O)OCC(=O)Nc2c(F)c(F)c(F)c(F)c2F)c1. The first-order valence-corrected chi connectivity index (χ1v) is 7.19. The summed E-state index contributed by atoms with van der Waals surface area (Å²) in [6.07, 6.45) is 0. The molecule has 2 aromatic rings. The predicted octanol–water partition coefficient (Wildman–Crippen LogP) is 3.79. The van der Waals surface area contributed by atoms with Crippen molar-refractivity contribution in [2.75, 3.05) is 11.9 Å². The molecule has 0 aliphatic carbocycles. The molecule has 0 heterocycles. The summed E-state index contributed by atoms with van der Waals surface area (Å²) < 4.78 is 70.7. The molecule has 138 valence electrons. The molecule has 26 heavy (non-hydrogen) atoms. The van der Waals surface area contributed by atoms with Crippen LogP contribution in [0.1, 0.15) is 21.5 Å². The second kappa shape index (κ2) is 7.51. The van der Waals surface area contributed by atoms with Crippen molar-refractivity contribution in [3.63, 3.8) is 0 Å². The van der Waals surface area contributed by atoms with Crippen molar-refractivity contribution in [2.24, 2.45) is 0 Å². The summed E-state index contributed by atoms with van der Waals surface area (Å²) in [5.74, 6) is -13.3. The number of carbonyl (C=O) groups excluding carboxylic acids is 2. The third-order valence-corrected chi connectivity index (χ3v) is 3.42. The molecule has 0 aliphatic rings. The van der Waals surface area contributed by atoms with Crippen molar-refractivity contribution < 1.29 is 36.3 Å². The Hall–Kier alpha value is -2.97. The van der Waals surface area contributed by atoms with Crippen molar-refractivity contribution in [3.05, 3.63) is 64.0 Å². The second-order valence-electron chi connectivity index (χ2n) is 5.39. The third-order valence-electron chi connectivity index (χ3n) is 3.42. The number of nitrogens with one attached hydrogen (secondary N) is 1. The molecule has 9 heteroatoms. The number of hydrogen-bond acceptors (Lipinski definition) is 3. The van der Waals surface area contributed by atoms with Gasteiger partial charge in [-0.05, 0) is 25.5 Å². The van der Waals surface area contributed by atoms with E-state index in [0.717, 1.165) is 5.56 Å². The smallest absolute Gasteiger partial charge is 0.338 e. The predicted molar refractivity (Wildman–Crippen MR) is 81.1 cm³/mol. The molecule has 0 fully saturated rings. The van der Waals surface area contributed by atoms with Gasteiger partial charge in [0.25, 0.3) is 5.91 Å². The molecular formula is C17H12F5NO3. The first-order chi connectivity index (χ1) is 12.1. The number of halogens is 5. The highest BCUT2D eigenvalue weighted by atomic mass is 19.2. The van der Waals surface area contributed by atoms with E-state index in [1.165, 1.54) is 11.4 Å². The summed E-state index contributed by atoms with van der Waals surface area (Å²) in [5.41, 5.74) is -0.0163. The van der Waals surface area contributed by atoms with Crippen LogP contribution in [-0.4, -0.2) is 18.5 Å². The van der Waals surface area contributed by atoms with Crippen LogP contribution in [0.4, 0.5) is 27.6 Å². The Morgan fingerprint density at radius 1 is 0.923 bits per heavy atom. The lowest BCUT2D eigenvalue weighted by Crippen LogP contribution is -2.23. The number of amides is 1. The standard InChI is InChI=1S/C17H12F5NO3/c1-7-3-4-8(2)9(5-7)17(25)26-6-10(24)23-16-14(21)12(19)11(18)13(20)15(16)22/h3-5H,6H2,1-2H3,(H,23,24). The average molecular weight is 373 g/mol. The highest BCUT2D eigenvalue weighted by Gasteiger charge is 2.27. The van der Waals surface area contributed by atoms with E-state index in [1.807, 2.05) is 0 Å². The molecule has 0 aliphatic heterocycles. The number of ether oxygens (including phenoxy) is 1. The van der Waals surface area contributed by atoms with E-state index in [9.17, 15) is 31.5 Å². The quantitative estimate of drug-likeness (QED) is 0.384. The van der Waals surface area contributed by atoms with Gasteiger partial charge in [0.15, 0.2) is 29.9 Å². The van der Waals surface area contributed by atoms with E-state index in [2.05, 4.69) is 0 Å². The number of anilines is 1. The molecular weight excluding hydrogens is 361 g/mol. The minimum absolute atomic E-state index is 0.175. The van der Waals surface area contributed by atoms with E-state index in [-0.39, 0.29) is 5.56 Å². The van der Waals surface area contributed by atoms with Crippen molar-refractivity contribution in [2.45, 2.75) is 13.8 Å². The van der Waals surface area contributed by atoms with E-state index < -0.39 is 53.3 Å². The van der Waals surface area contributed by atoms with Crippen LogP contribution < -0.4 is 5.32 Å². The van der Waals surface area contributed by atoms with Crippen LogP contribution in [-0.2, 0) is 9.53 Å². The minimum Gasteiger partial charge on any atom is -0.452 e. The van der Waals surface area contributed by atoms with Crippen LogP contribution in [0.25, 0.3) is 0 Å². The highest BCUT2D eigenvalue weighted by Crippen LogP contribution is 2.27. The van der Waals surface area contributed by atoms with Crippen molar-refractivity contribution in [1.82, 2.24) is 0 Å². The van der Waals surface area contributed by atoms with Crippen LogP contribution in [0.5, 0.6) is 0 Å². The summed E-state index contributed by atoms with van der Waals surface area (Å²) >= 11 is 0. The topological polar surface area (TPSA) is 55.4 Å². The Kier molecular flexibility index (Phi) is 5.59. The molecule has 0 bridgehead atoms. The van der Waals surface area contributed by atoms with Gasteiger partial charge in [0, 0.05) is 0 Å². The second-order valence-corrected chi connectivity index (χ2v) is 5.39. The zero-order valence-corrected chi connectivity index (χ0v) is 13.6. The lowest BCUT2D eigenvalue weighted by atomic mass is 10.1. The Labute approximate surface area is 144 Å². The van der Waals surface area contributed by atoms with Gasteiger partial charge in [0.1, 0.15) is 5.69 Å². The zero-order chi connectivity index (χ0) is 19.6. The van der Waals surface area contributed by atoms with E-state index in [4.69, 9.17) is 4.74 Å². The lowest BCUT2D eigenvalue weighted by molar-refractivity contribution is -0.119. The number of carbonyl (C=O) groups is 2. The molecule has 0 unspecified atom stereocenters. The number of hydrogen-bond donors (Lipinski definition) is 1. The van der Waals surface area contributed by atoms with Gasteiger partial charge >= 0.3 is 5.97 Å². The summed E-state index contributed by atoms with van der Waals surface area (Å²) in [4.78, 5) is 23.6. The Morgan fingerprint density at radius 3 is 2.04 bits per heavy atom. The molecule has 1 N–H and O–H groups in total. The van der Waals surface area contributed by atoms with Crippen LogP contribution >= 0.6 is 0 Å². The fraction of sp³-hybridized carbons (Fsp3) is 0.176. The first-order valence-electron chi connectivity index (χ1n) is 7.19. The van der Waals surface area contributed by atoms with Gasteiger partial charge in [0.05, 0.1) is 5.56 Å². The van der Waals surface area contributed by atoms with Crippen molar-refractivity contribution >= 4 is 17.6 Å². The molecule has 2 rings (SSSR count). The van der Waals surface area contributed by atoms with Gasteiger partial charge in [-0.2, -0.15) is 0 Å². The average Bonchev–Trinajstić information content (AvgIpc) is 2.62. The van der Waals surface area contributed by atoms with Crippen LogP contribution in [0.2, 0.25) is 0 Å². The van der Waals surface area contributed by atoms with Gasteiger partial charge < -0.3 is 10.1 Å². The Balaban J connectivity index is 2.11. The van der Waals surface area contributed by atoms with Crippen molar-refractivity contribution in [1.29, 1.82) is 0 Å². The summed E-state index contributed by atoms with van der Waals surface area (Å²) in [5, 5.41) is 1.51. The molecule has 0 radical (unpaired) electrons. The molecule has 0 saturated carbocycles. The minimum atomic E-state index is -2.35. The molecule has 2 aromatic carbocycles. The first kappa shape index (κ1) is 19.4. The van der Waals surface area contributed by atoms with Gasteiger partial charge in [-0.25, -0.2) is 26.7 Å². The van der Waals surface area contributed by atoms with Gasteiger partial charge in [-0.15, -0.1) is 0 Å². The molecule has 0 saturated heterocycles. The lowest BCUT2D eigenvalue weighted by Gasteiger charge is -2.11. The largest absolute Gasteiger partial charge is 0.452 e. The normalized spacial score (nSPS) is 10.6. The maximum absolute atomic E-state index is 13.5. The number of esters is 1. The van der Waals surface area contributed by atoms with E-state index in [0.29, 0.717) is 5.56 Å². The molecule has 1 amide bonds. The van der Waals surface area contributed by atoms with Gasteiger partial charge in [-0.3, -0.25) is 4.79 Å².